The molecular weight excluding hydrogens is 208 g/mol. The molecular formula is C16H28O. The summed E-state index contributed by atoms with van der Waals surface area (Å²) in [4.78, 5) is 0. The van der Waals surface area contributed by atoms with Crippen LogP contribution in [-0.2, 0) is 4.74 Å². The summed E-state index contributed by atoms with van der Waals surface area (Å²) in [6.45, 7) is 9.43. The molecule has 4 atom stereocenters. The van der Waals surface area contributed by atoms with Gasteiger partial charge in [-0.15, -0.1) is 0 Å². The number of hydrogen-bond donors (Lipinski definition) is 0. The highest BCUT2D eigenvalue weighted by Gasteiger charge is 2.50. The molecule has 0 aromatic carbocycles. The van der Waals surface area contributed by atoms with Crippen LogP contribution in [0.25, 0.3) is 0 Å². The molecule has 0 aromatic rings. The van der Waals surface area contributed by atoms with E-state index in [4.69, 9.17) is 4.74 Å². The van der Waals surface area contributed by atoms with E-state index in [1.807, 2.05) is 7.11 Å². The van der Waals surface area contributed by atoms with Crippen molar-refractivity contribution in [3.05, 3.63) is 11.6 Å². The molecule has 0 aliphatic heterocycles. The van der Waals surface area contributed by atoms with Crippen LogP contribution in [0.2, 0.25) is 0 Å². The Morgan fingerprint density at radius 3 is 2.65 bits per heavy atom. The van der Waals surface area contributed by atoms with Crippen molar-refractivity contribution in [3.8, 4) is 0 Å². The second kappa shape index (κ2) is 4.76. The minimum Gasteiger partial charge on any atom is -0.377 e. The molecule has 0 amide bonds. The molecule has 0 radical (unpaired) electrons. The Morgan fingerprint density at radius 2 is 2.06 bits per heavy atom. The predicted octanol–water partition coefficient (Wildman–Crippen LogP) is 4.43. The number of allylic oxidation sites excluding steroid dienone is 1. The third-order valence-electron chi connectivity index (χ3n) is 5.40. The summed E-state index contributed by atoms with van der Waals surface area (Å²) in [5, 5.41) is 0. The second-order valence-corrected chi connectivity index (χ2v) is 6.58. The molecule has 1 heteroatoms. The predicted molar refractivity (Wildman–Crippen MR) is 72.9 cm³/mol. The number of hydrogen-bond acceptors (Lipinski definition) is 1. The first-order valence-electron chi connectivity index (χ1n) is 7.23. The van der Waals surface area contributed by atoms with E-state index in [1.165, 1.54) is 25.7 Å². The van der Waals surface area contributed by atoms with Gasteiger partial charge in [0.05, 0.1) is 5.60 Å². The molecule has 0 spiro atoms. The molecule has 1 saturated carbocycles. The first-order valence-corrected chi connectivity index (χ1v) is 7.23. The lowest BCUT2D eigenvalue weighted by molar-refractivity contribution is -0.137. The summed E-state index contributed by atoms with van der Waals surface area (Å²) >= 11 is 0. The van der Waals surface area contributed by atoms with E-state index in [-0.39, 0.29) is 5.60 Å². The van der Waals surface area contributed by atoms with Crippen LogP contribution in [0.15, 0.2) is 11.6 Å². The molecule has 0 saturated heterocycles. The standard InChI is InChI=1S/C16H28O/c1-11(2)14-7-6-13(4)16(17-5)9-8-12(3)10-15(14)16/h10-11,13-15H,6-9H2,1-5H3. The van der Waals surface area contributed by atoms with Gasteiger partial charge in [0.2, 0.25) is 0 Å². The lowest BCUT2D eigenvalue weighted by Crippen LogP contribution is -2.53. The molecule has 0 aromatic heterocycles. The highest BCUT2D eigenvalue weighted by Crippen LogP contribution is 2.52. The van der Waals surface area contributed by atoms with Gasteiger partial charge in [-0.25, -0.2) is 0 Å². The van der Waals surface area contributed by atoms with E-state index in [0.717, 1.165) is 11.8 Å². The largest absolute Gasteiger partial charge is 0.377 e. The molecule has 17 heavy (non-hydrogen) atoms. The Hall–Kier alpha value is -0.300. The number of ether oxygens (including phenoxy) is 1. The summed E-state index contributed by atoms with van der Waals surface area (Å²) in [5.41, 5.74) is 1.70. The highest BCUT2D eigenvalue weighted by molar-refractivity contribution is 5.17. The third kappa shape index (κ3) is 2.07. The van der Waals surface area contributed by atoms with Crippen LogP contribution < -0.4 is 0 Å². The average Bonchev–Trinajstić information content (AvgIpc) is 2.29. The van der Waals surface area contributed by atoms with Gasteiger partial charge >= 0.3 is 0 Å². The summed E-state index contributed by atoms with van der Waals surface area (Å²) < 4.78 is 6.08. The van der Waals surface area contributed by atoms with Gasteiger partial charge in [0.25, 0.3) is 0 Å². The Balaban J connectivity index is 2.37. The second-order valence-electron chi connectivity index (χ2n) is 6.58. The fraction of sp³-hybridized carbons (Fsp3) is 0.875. The molecule has 0 bridgehead atoms. The molecule has 0 heterocycles. The van der Waals surface area contributed by atoms with Gasteiger partial charge in [-0.2, -0.15) is 0 Å². The van der Waals surface area contributed by atoms with Crippen LogP contribution in [0, 0.1) is 23.7 Å². The molecule has 0 N–H and O–H groups in total. The van der Waals surface area contributed by atoms with Gasteiger partial charge in [-0.1, -0.05) is 32.4 Å². The maximum Gasteiger partial charge on any atom is 0.0772 e. The molecule has 2 rings (SSSR count). The van der Waals surface area contributed by atoms with E-state index < -0.39 is 0 Å². The van der Waals surface area contributed by atoms with Crippen LogP contribution in [0.5, 0.6) is 0 Å². The SMILES string of the molecule is COC12CCC(C)=CC1C(C(C)C)CCC2C. The van der Waals surface area contributed by atoms with Crippen molar-refractivity contribution in [1.29, 1.82) is 0 Å². The van der Waals surface area contributed by atoms with E-state index in [2.05, 4.69) is 33.8 Å². The van der Waals surface area contributed by atoms with Gasteiger partial charge in [-0.05, 0) is 50.4 Å². The zero-order valence-electron chi connectivity index (χ0n) is 12.1. The lowest BCUT2D eigenvalue weighted by atomic mass is 9.57. The van der Waals surface area contributed by atoms with Crippen LogP contribution in [0.1, 0.15) is 53.4 Å². The molecule has 4 unspecified atom stereocenters. The van der Waals surface area contributed by atoms with Crippen LogP contribution in [0.3, 0.4) is 0 Å². The lowest BCUT2D eigenvalue weighted by Gasteiger charge is -2.53. The van der Waals surface area contributed by atoms with Gasteiger partial charge in [0, 0.05) is 13.0 Å². The summed E-state index contributed by atoms with van der Waals surface area (Å²) in [6.07, 6.45) is 7.69. The Bertz CT molecular complexity index is 305. The van der Waals surface area contributed by atoms with Crippen molar-refractivity contribution < 1.29 is 4.74 Å². The van der Waals surface area contributed by atoms with Gasteiger partial charge < -0.3 is 4.74 Å². The monoisotopic (exact) mass is 236 g/mol. The zero-order chi connectivity index (χ0) is 12.6. The number of methoxy groups -OCH3 is 1. The van der Waals surface area contributed by atoms with Gasteiger partial charge in [-0.3, -0.25) is 0 Å². The maximum absolute atomic E-state index is 6.08. The highest BCUT2D eigenvalue weighted by atomic mass is 16.5. The van der Waals surface area contributed by atoms with E-state index in [1.54, 1.807) is 5.57 Å². The molecule has 1 fully saturated rings. The first kappa shape index (κ1) is 13.1. The first-order chi connectivity index (χ1) is 8.01. The third-order valence-corrected chi connectivity index (χ3v) is 5.40. The fourth-order valence-electron chi connectivity index (χ4n) is 4.20. The van der Waals surface area contributed by atoms with E-state index >= 15 is 0 Å². The minimum absolute atomic E-state index is 0.132. The average molecular weight is 236 g/mol. The Kier molecular flexibility index (Phi) is 3.68. The minimum atomic E-state index is 0.132. The quantitative estimate of drug-likeness (QED) is 0.644. The van der Waals surface area contributed by atoms with Crippen molar-refractivity contribution in [2.75, 3.05) is 7.11 Å². The molecule has 98 valence electrons. The Morgan fingerprint density at radius 1 is 1.35 bits per heavy atom. The van der Waals surface area contributed by atoms with Crippen molar-refractivity contribution in [2.24, 2.45) is 23.7 Å². The normalized spacial score (nSPS) is 42.2. The van der Waals surface area contributed by atoms with Crippen LogP contribution in [-0.4, -0.2) is 12.7 Å². The van der Waals surface area contributed by atoms with Crippen molar-refractivity contribution in [3.63, 3.8) is 0 Å². The van der Waals surface area contributed by atoms with E-state index in [9.17, 15) is 0 Å². The number of fused-ring (bicyclic) bond motifs is 1. The van der Waals surface area contributed by atoms with Crippen LogP contribution >= 0.6 is 0 Å². The van der Waals surface area contributed by atoms with Crippen molar-refractivity contribution >= 4 is 0 Å². The zero-order valence-corrected chi connectivity index (χ0v) is 12.1. The maximum atomic E-state index is 6.08. The fourth-order valence-corrected chi connectivity index (χ4v) is 4.20. The summed E-state index contributed by atoms with van der Waals surface area (Å²) in [5.74, 6) is 2.92. The molecule has 2 aliphatic carbocycles. The smallest absolute Gasteiger partial charge is 0.0772 e. The topological polar surface area (TPSA) is 9.23 Å². The summed E-state index contributed by atoms with van der Waals surface area (Å²) in [7, 11) is 1.93. The molecule has 2 aliphatic rings. The number of rotatable bonds is 2. The Labute approximate surface area is 107 Å². The van der Waals surface area contributed by atoms with Crippen molar-refractivity contribution in [1.82, 2.24) is 0 Å². The van der Waals surface area contributed by atoms with Gasteiger partial charge in [0.1, 0.15) is 0 Å². The van der Waals surface area contributed by atoms with Crippen molar-refractivity contribution in [2.45, 2.75) is 59.0 Å². The van der Waals surface area contributed by atoms with Gasteiger partial charge in [0.15, 0.2) is 0 Å². The molecule has 1 nitrogen and oxygen atoms in total. The summed E-state index contributed by atoms with van der Waals surface area (Å²) in [6, 6.07) is 0. The van der Waals surface area contributed by atoms with E-state index in [0.29, 0.717) is 11.8 Å². The van der Waals surface area contributed by atoms with Crippen LogP contribution in [0.4, 0.5) is 0 Å².